The number of aryl methyl sites for hydroxylation is 1. The van der Waals surface area contributed by atoms with Crippen LogP contribution in [0.3, 0.4) is 0 Å². The number of nitrogens with zero attached hydrogens (tertiary/aromatic N) is 3. The molecule has 1 aromatic heterocycles. The molecule has 2 heterocycles. The van der Waals surface area contributed by atoms with E-state index in [2.05, 4.69) is 56.8 Å². The van der Waals surface area contributed by atoms with Crippen molar-refractivity contribution in [3.8, 4) is 0 Å². The number of benzene rings is 1. The van der Waals surface area contributed by atoms with Crippen LogP contribution in [0.1, 0.15) is 67.7 Å². The Labute approximate surface area is 163 Å². The predicted molar refractivity (Wildman–Crippen MR) is 110 cm³/mol. The Morgan fingerprint density at radius 3 is 2.52 bits per heavy atom. The van der Waals surface area contributed by atoms with E-state index in [1.165, 1.54) is 16.8 Å². The third-order valence-corrected chi connectivity index (χ3v) is 5.81. The lowest BCUT2D eigenvalue weighted by Gasteiger charge is -2.32. The van der Waals surface area contributed by atoms with Gasteiger partial charge in [-0.25, -0.2) is 0 Å². The van der Waals surface area contributed by atoms with E-state index in [9.17, 15) is 4.79 Å². The molecule has 146 valence electrons. The van der Waals surface area contributed by atoms with E-state index in [0.29, 0.717) is 5.78 Å². The molecule has 0 unspecified atom stereocenters. The average molecular weight is 368 g/mol. The van der Waals surface area contributed by atoms with Crippen LogP contribution >= 0.6 is 0 Å². The molecule has 0 amide bonds. The zero-order valence-electron chi connectivity index (χ0n) is 17.5. The van der Waals surface area contributed by atoms with E-state index in [1.807, 2.05) is 23.0 Å². The van der Waals surface area contributed by atoms with Gasteiger partial charge in [0.2, 0.25) is 0 Å². The van der Waals surface area contributed by atoms with Crippen LogP contribution in [0.2, 0.25) is 0 Å². The van der Waals surface area contributed by atoms with Gasteiger partial charge in [-0.05, 0) is 44.2 Å². The predicted octanol–water partition coefficient (Wildman–Crippen LogP) is 4.60. The van der Waals surface area contributed by atoms with Crippen LogP contribution in [-0.2, 0) is 18.5 Å². The number of hydrogen-bond acceptors (Lipinski definition) is 3. The van der Waals surface area contributed by atoms with Crippen LogP contribution in [0, 0.1) is 12.8 Å². The van der Waals surface area contributed by atoms with Gasteiger partial charge in [0, 0.05) is 42.4 Å². The molecule has 0 aliphatic carbocycles. The van der Waals surface area contributed by atoms with E-state index >= 15 is 0 Å². The molecule has 0 spiro atoms. The van der Waals surface area contributed by atoms with Crippen molar-refractivity contribution in [3.63, 3.8) is 0 Å². The Morgan fingerprint density at radius 1 is 1.22 bits per heavy atom. The van der Waals surface area contributed by atoms with Gasteiger partial charge in [-0.3, -0.25) is 14.4 Å². The monoisotopic (exact) mass is 367 g/mol. The Bertz CT molecular complexity index is 783. The molecule has 1 saturated heterocycles. The Morgan fingerprint density at radius 2 is 1.93 bits per heavy atom. The van der Waals surface area contributed by atoms with Gasteiger partial charge in [0.05, 0.1) is 6.20 Å². The van der Waals surface area contributed by atoms with Crippen molar-refractivity contribution in [1.29, 1.82) is 0 Å². The van der Waals surface area contributed by atoms with Crippen molar-refractivity contribution in [2.75, 3.05) is 13.1 Å². The summed E-state index contributed by atoms with van der Waals surface area (Å²) >= 11 is 0. The minimum atomic E-state index is 0.0979. The summed E-state index contributed by atoms with van der Waals surface area (Å²) in [5, 5.41) is 4.45. The molecule has 1 aromatic carbocycles. The lowest BCUT2D eigenvalue weighted by molar-refractivity contribution is 0.0811. The summed E-state index contributed by atoms with van der Waals surface area (Å²) in [5.41, 5.74) is 4.75. The number of hydrogen-bond donors (Lipinski definition) is 0. The maximum absolute atomic E-state index is 13.0. The van der Waals surface area contributed by atoms with E-state index in [0.717, 1.165) is 44.6 Å². The fourth-order valence-corrected chi connectivity index (χ4v) is 3.98. The minimum absolute atomic E-state index is 0.0979. The normalized spacial score (nSPS) is 18.6. The summed E-state index contributed by atoms with van der Waals surface area (Å²) < 4.78 is 2.04. The zero-order chi connectivity index (χ0) is 19.6. The fraction of sp³-hybridized carbons (Fsp3) is 0.565. The third-order valence-electron chi connectivity index (χ3n) is 5.81. The van der Waals surface area contributed by atoms with Gasteiger partial charge in [0.25, 0.3) is 0 Å². The highest BCUT2D eigenvalue weighted by Gasteiger charge is 2.27. The zero-order valence-corrected chi connectivity index (χ0v) is 17.5. The summed E-state index contributed by atoms with van der Waals surface area (Å²) in [4.78, 5) is 15.4. The molecule has 1 aliphatic rings. The molecule has 0 saturated carbocycles. The van der Waals surface area contributed by atoms with Crippen LogP contribution in [0.4, 0.5) is 0 Å². The summed E-state index contributed by atoms with van der Waals surface area (Å²) in [7, 11) is 0. The molecule has 1 aliphatic heterocycles. The van der Waals surface area contributed by atoms with Crippen LogP contribution in [-0.4, -0.2) is 33.6 Å². The summed E-state index contributed by atoms with van der Waals surface area (Å²) in [6.45, 7) is 14.5. The quantitative estimate of drug-likeness (QED) is 0.725. The molecular weight excluding hydrogens is 334 g/mol. The molecule has 27 heavy (non-hydrogen) atoms. The molecule has 1 atom stereocenters. The highest BCUT2D eigenvalue weighted by atomic mass is 16.1. The SMILES string of the molecule is CCn1ncc(CN2CCC[C@H](C(=O)c3ccc(C(C)(C)C)cc3)C2)c1C. The van der Waals surface area contributed by atoms with Crippen molar-refractivity contribution in [2.24, 2.45) is 5.92 Å². The summed E-state index contributed by atoms with van der Waals surface area (Å²) in [5.74, 6) is 0.391. The van der Waals surface area contributed by atoms with E-state index in [1.54, 1.807) is 0 Å². The Balaban J connectivity index is 1.66. The van der Waals surface area contributed by atoms with Gasteiger partial charge in [0.1, 0.15) is 0 Å². The van der Waals surface area contributed by atoms with E-state index < -0.39 is 0 Å². The molecule has 4 heteroatoms. The Kier molecular flexibility index (Phi) is 5.85. The molecule has 0 N–H and O–H groups in total. The van der Waals surface area contributed by atoms with Crippen LogP contribution < -0.4 is 0 Å². The van der Waals surface area contributed by atoms with Gasteiger partial charge in [-0.1, -0.05) is 45.0 Å². The molecule has 2 aromatic rings. The first-order valence-corrected chi connectivity index (χ1v) is 10.2. The number of piperidine rings is 1. The number of carbonyl (C=O) groups is 1. The molecule has 1 fully saturated rings. The first kappa shape index (κ1) is 19.8. The van der Waals surface area contributed by atoms with Gasteiger partial charge >= 0.3 is 0 Å². The topological polar surface area (TPSA) is 38.1 Å². The van der Waals surface area contributed by atoms with Gasteiger partial charge in [0.15, 0.2) is 5.78 Å². The second-order valence-corrected chi connectivity index (χ2v) is 8.84. The maximum Gasteiger partial charge on any atom is 0.167 e. The lowest BCUT2D eigenvalue weighted by atomic mass is 9.85. The summed E-state index contributed by atoms with van der Waals surface area (Å²) in [6.07, 6.45) is 4.05. The average Bonchev–Trinajstić information content (AvgIpc) is 3.00. The second kappa shape index (κ2) is 7.97. The first-order valence-electron chi connectivity index (χ1n) is 10.2. The minimum Gasteiger partial charge on any atom is -0.298 e. The van der Waals surface area contributed by atoms with Crippen molar-refractivity contribution in [2.45, 2.75) is 66.0 Å². The first-order chi connectivity index (χ1) is 12.8. The van der Waals surface area contributed by atoms with Gasteiger partial charge in [-0.15, -0.1) is 0 Å². The molecule has 4 nitrogen and oxygen atoms in total. The maximum atomic E-state index is 13.0. The standard InChI is InChI=1S/C23H33N3O/c1-6-26-17(2)20(14-24-26)16-25-13-7-8-19(15-25)22(27)18-9-11-21(12-10-18)23(3,4)5/h9-12,14,19H,6-8,13,15-16H2,1-5H3/t19-/m0/s1. The van der Waals surface area contributed by atoms with Crippen LogP contribution in [0.5, 0.6) is 0 Å². The van der Waals surface area contributed by atoms with Crippen LogP contribution in [0.15, 0.2) is 30.5 Å². The van der Waals surface area contributed by atoms with Crippen LogP contribution in [0.25, 0.3) is 0 Å². The number of aromatic nitrogens is 2. The lowest BCUT2D eigenvalue weighted by Crippen LogP contribution is -2.38. The highest BCUT2D eigenvalue weighted by molar-refractivity contribution is 5.98. The molecule has 3 rings (SSSR count). The number of ketones is 1. The summed E-state index contributed by atoms with van der Waals surface area (Å²) in [6, 6.07) is 8.24. The van der Waals surface area contributed by atoms with E-state index in [4.69, 9.17) is 0 Å². The van der Waals surface area contributed by atoms with Crippen molar-refractivity contribution in [1.82, 2.24) is 14.7 Å². The second-order valence-electron chi connectivity index (χ2n) is 8.84. The number of likely N-dealkylation sites (tertiary alicyclic amines) is 1. The van der Waals surface area contributed by atoms with Crippen molar-refractivity contribution in [3.05, 3.63) is 52.8 Å². The smallest absolute Gasteiger partial charge is 0.167 e. The third kappa shape index (κ3) is 4.49. The largest absolute Gasteiger partial charge is 0.298 e. The molecule has 0 bridgehead atoms. The fourth-order valence-electron chi connectivity index (χ4n) is 3.98. The molecule has 0 radical (unpaired) electrons. The van der Waals surface area contributed by atoms with E-state index in [-0.39, 0.29) is 11.3 Å². The number of Topliss-reactive ketones (excluding diaryl/α,β-unsaturated/α-hetero) is 1. The van der Waals surface area contributed by atoms with Gasteiger partial charge < -0.3 is 0 Å². The number of carbonyl (C=O) groups excluding carboxylic acids is 1. The highest BCUT2D eigenvalue weighted by Crippen LogP contribution is 2.26. The van der Waals surface area contributed by atoms with Gasteiger partial charge in [-0.2, -0.15) is 5.10 Å². The number of rotatable bonds is 5. The van der Waals surface area contributed by atoms with Crippen molar-refractivity contribution < 1.29 is 4.79 Å². The molecular formula is C23H33N3O. The van der Waals surface area contributed by atoms with Crippen molar-refractivity contribution >= 4 is 5.78 Å². The Hall–Kier alpha value is -1.94.